The first-order valence-electron chi connectivity index (χ1n) is 6.80. The van der Waals surface area contributed by atoms with Crippen molar-refractivity contribution in [3.63, 3.8) is 0 Å². The van der Waals surface area contributed by atoms with E-state index in [1.807, 2.05) is 6.92 Å². The van der Waals surface area contributed by atoms with Crippen LogP contribution in [-0.4, -0.2) is 38.9 Å². The molecule has 1 heterocycles. The molecule has 0 radical (unpaired) electrons. The quantitative estimate of drug-likeness (QED) is 0.901. The number of nitrogens with zero attached hydrogens (tertiary/aromatic N) is 1. The molecule has 2 rings (SSSR count). The van der Waals surface area contributed by atoms with E-state index in [0.29, 0.717) is 17.7 Å². The maximum atomic E-state index is 12.5. The van der Waals surface area contributed by atoms with Crippen LogP contribution in [0.5, 0.6) is 0 Å². The van der Waals surface area contributed by atoms with E-state index in [1.54, 1.807) is 17.0 Å². The minimum absolute atomic E-state index is 0.0537. The predicted molar refractivity (Wildman–Crippen MR) is 78.3 cm³/mol. The van der Waals surface area contributed by atoms with E-state index in [-0.39, 0.29) is 23.5 Å². The molecule has 1 aliphatic heterocycles. The number of nitrogens with two attached hydrogens (primary N) is 1. The van der Waals surface area contributed by atoms with Crippen LogP contribution in [0.4, 0.5) is 0 Å². The molecule has 1 aromatic carbocycles. The summed E-state index contributed by atoms with van der Waals surface area (Å²) >= 11 is 0. The van der Waals surface area contributed by atoms with Gasteiger partial charge in [0.2, 0.25) is 10.0 Å². The Morgan fingerprint density at radius 3 is 2.71 bits per heavy atom. The number of benzene rings is 1. The van der Waals surface area contributed by atoms with Gasteiger partial charge in [-0.25, -0.2) is 13.6 Å². The largest absolute Gasteiger partial charge is 0.380 e. The Kier molecular flexibility index (Phi) is 4.65. The molecule has 0 aliphatic carbocycles. The number of rotatable bonds is 4. The van der Waals surface area contributed by atoms with E-state index in [4.69, 9.17) is 9.88 Å². The second-order valence-electron chi connectivity index (χ2n) is 5.29. The lowest BCUT2D eigenvalue weighted by atomic mass is 10.1. The molecule has 0 spiro atoms. The Morgan fingerprint density at radius 2 is 2.19 bits per heavy atom. The van der Waals surface area contributed by atoms with Gasteiger partial charge in [0.25, 0.3) is 5.91 Å². The van der Waals surface area contributed by atoms with Crippen LogP contribution in [0.2, 0.25) is 0 Å². The van der Waals surface area contributed by atoms with Crippen molar-refractivity contribution in [2.24, 2.45) is 5.14 Å². The van der Waals surface area contributed by atoms with Crippen molar-refractivity contribution >= 4 is 15.9 Å². The maximum absolute atomic E-state index is 12.5. The number of sulfonamides is 1. The molecule has 6 nitrogen and oxygen atoms in total. The molecule has 1 fully saturated rings. The van der Waals surface area contributed by atoms with Gasteiger partial charge in [0.15, 0.2) is 0 Å². The molecule has 0 saturated carbocycles. The van der Waals surface area contributed by atoms with Crippen LogP contribution in [-0.2, 0) is 21.4 Å². The molecule has 1 aromatic rings. The van der Waals surface area contributed by atoms with Gasteiger partial charge in [0.1, 0.15) is 0 Å². The van der Waals surface area contributed by atoms with Gasteiger partial charge in [-0.2, -0.15) is 0 Å². The molecule has 7 heteroatoms. The number of likely N-dealkylation sites (tertiary alicyclic amines) is 1. The number of carbonyl (C=O) groups is 1. The van der Waals surface area contributed by atoms with Gasteiger partial charge < -0.3 is 9.64 Å². The van der Waals surface area contributed by atoms with Crippen molar-refractivity contribution in [1.82, 2.24) is 4.90 Å². The summed E-state index contributed by atoms with van der Waals surface area (Å²) in [6.45, 7) is 2.82. The van der Waals surface area contributed by atoms with Crippen molar-refractivity contribution in [2.45, 2.75) is 37.3 Å². The second kappa shape index (κ2) is 6.13. The second-order valence-corrected chi connectivity index (χ2v) is 6.82. The molecule has 116 valence electrons. The predicted octanol–water partition coefficient (Wildman–Crippen LogP) is 1.10. The first-order chi connectivity index (χ1) is 9.84. The van der Waals surface area contributed by atoms with Gasteiger partial charge in [-0.3, -0.25) is 4.79 Å². The lowest BCUT2D eigenvalue weighted by Gasteiger charge is -2.22. The molecule has 1 saturated heterocycles. The minimum Gasteiger partial charge on any atom is -0.380 e. The first kappa shape index (κ1) is 15.9. The van der Waals surface area contributed by atoms with Gasteiger partial charge in [0.05, 0.1) is 11.5 Å². The molecule has 0 bridgehead atoms. The van der Waals surface area contributed by atoms with Crippen molar-refractivity contribution < 1.29 is 17.9 Å². The fraction of sp³-hybridized carbons (Fsp3) is 0.500. The van der Waals surface area contributed by atoms with Crippen molar-refractivity contribution in [3.05, 3.63) is 29.3 Å². The van der Waals surface area contributed by atoms with Crippen molar-refractivity contribution in [3.8, 4) is 0 Å². The average Bonchev–Trinajstić information content (AvgIpc) is 2.84. The summed E-state index contributed by atoms with van der Waals surface area (Å²) in [5.74, 6) is -0.158. The molecule has 21 heavy (non-hydrogen) atoms. The summed E-state index contributed by atoms with van der Waals surface area (Å²) in [4.78, 5) is 14.2. The Hall–Kier alpha value is -1.44. The highest BCUT2D eigenvalue weighted by atomic mass is 32.2. The summed E-state index contributed by atoms with van der Waals surface area (Å²) < 4.78 is 28.3. The summed E-state index contributed by atoms with van der Waals surface area (Å²) in [6, 6.07) is 4.72. The number of carbonyl (C=O) groups excluding carboxylic acids is 1. The van der Waals surface area contributed by atoms with Gasteiger partial charge in [-0.05, 0) is 37.5 Å². The van der Waals surface area contributed by atoms with Gasteiger partial charge in [-0.15, -0.1) is 0 Å². The SMILES string of the molecule is COCc1ccc(C(=O)N2CCCC2C)cc1S(N)(=O)=O. The third-order valence-corrected chi connectivity index (χ3v) is 4.73. The number of hydrogen-bond acceptors (Lipinski definition) is 4. The number of hydrogen-bond donors (Lipinski definition) is 1. The molecule has 2 N–H and O–H groups in total. The number of ether oxygens (including phenoxy) is 1. The fourth-order valence-corrected chi connectivity index (χ4v) is 3.41. The molecule has 0 aromatic heterocycles. The van der Waals surface area contributed by atoms with Gasteiger partial charge >= 0.3 is 0 Å². The molecule has 1 aliphatic rings. The van der Waals surface area contributed by atoms with E-state index < -0.39 is 10.0 Å². The maximum Gasteiger partial charge on any atom is 0.254 e. The molecular weight excluding hydrogens is 292 g/mol. The van der Waals surface area contributed by atoms with Crippen LogP contribution in [0.15, 0.2) is 23.1 Å². The van der Waals surface area contributed by atoms with Crippen LogP contribution in [0, 0.1) is 0 Å². The topological polar surface area (TPSA) is 89.7 Å². The average molecular weight is 312 g/mol. The summed E-state index contributed by atoms with van der Waals surface area (Å²) in [5.41, 5.74) is 0.790. The van der Waals surface area contributed by atoms with E-state index in [1.165, 1.54) is 13.2 Å². The summed E-state index contributed by atoms with van der Waals surface area (Å²) in [6.07, 6.45) is 1.94. The molecule has 1 unspecified atom stereocenters. The Morgan fingerprint density at radius 1 is 1.48 bits per heavy atom. The van der Waals surface area contributed by atoms with Gasteiger partial charge in [-0.1, -0.05) is 6.07 Å². The molecule has 1 amide bonds. The fourth-order valence-electron chi connectivity index (χ4n) is 2.63. The zero-order valence-corrected chi connectivity index (χ0v) is 13.0. The molecule has 1 atom stereocenters. The van der Waals surface area contributed by atoms with Gasteiger partial charge in [0, 0.05) is 25.3 Å². The Labute approximate surface area is 124 Å². The highest BCUT2D eigenvalue weighted by Crippen LogP contribution is 2.23. The zero-order valence-electron chi connectivity index (χ0n) is 12.2. The Balaban J connectivity index is 2.40. The third-order valence-electron chi connectivity index (χ3n) is 3.73. The Bertz CT molecular complexity index is 642. The van der Waals surface area contributed by atoms with E-state index in [2.05, 4.69) is 0 Å². The third kappa shape index (κ3) is 3.42. The number of amides is 1. The van der Waals surface area contributed by atoms with Crippen LogP contribution < -0.4 is 5.14 Å². The zero-order chi connectivity index (χ0) is 15.6. The lowest BCUT2D eigenvalue weighted by molar-refractivity contribution is 0.0747. The summed E-state index contributed by atoms with van der Waals surface area (Å²) in [5, 5.41) is 5.23. The van der Waals surface area contributed by atoms with Crippen molar-refractivity contribution in [2.75, 3.05) is 13.7 Å². The summed E-state index contributed by atoms with van der Waals surface area (Å²) in [7, 11) is -2.43. The first-order valence-corrected chi connectivity index (χ1v) is 8.35. The van der Waals surface area contributed by atoms with E-state index in [9.17, 15) is 13.2 Å². The highest BCUT2D eigenvalue weighted by Gasteiger charge is 2.27. The van der Waals surface area contributed by atoms with Crippen LogP contribution in [0.3, 0.4) is 0 Å². The van der Waals surface area contributed by atoms with Crippen LogP contribution in [0.25, 0.3) is 0 Å². The van der Waals surface area contributed by atoms with E-state index >= 15 is 0 Å². The highest BCUT2D eigenvalue weighted by molar-refractivity contribution is 7.89. The number of methoxy groups -OCH3 is 1. The molecular formula is C14H20N2O4S. The van der Waals surface area contributed by atoms with Crippen LogP contribution in [0.1, 0.15) is 35.7 Å². The minimum atomic E-state index is -3.90. The van der Waals surface area contributed by atoms with E-state index in [0.717, 1.165) is 12.8 Å². The normalized spacial score (nSPS) is 19.0. The number of primary sulfonamides is 1. The lowest BCUT2D eigenvalue weighted by Crippen LogP contribution is -2.33. The van der Waals surface area contributed by atoms with Crippen LogP contribution >= 0.6 is 0 Å². The standard InChI is InChI=1S/C14H20N2O4S/c1-10-4-3-7-16(10)14(17)11-5-6-12(9-20-2)13(8-11)21(15,18)19/h5-6,8,10H,3-4,7,9H2,1-2H3,(H2,15,18,19). The van der Waals surface area contributed by atoms with Crippen molar-refractivity contribution in [1.29, 1.82) is 0 Å². The monoisotopic (exact) mass is 312 g/mol. The smallest absolute Gasteiger partial charge is 0.254 e.